The Kier molecular flexibility index (Phi) is 8.56. The van der Waals surface area contributed by atoms with Gasteiger partial charge in [-0.25, -0.2) is 19.2 Å². The highest BCUT2D eigenvalue weighted by molar-refractivity contribution is 6.74. The fourth-order valence-corrected chi connectivity index (χ4v) is 5.22. The summed E-state index contributed by atoms with van der Waals surface area (Å²) in [6, 6.07) is 3.38. The molecule has 0 saturated carbocycles. The zero-order valence-electron chi connectivity index (χ0n) is 22.6. The summed E-state index contributed by atoms with van der Waals surface area (Å²) in [6.45, 7) is 12.2. The largest absolute Gasteiger partial charge is 0.465 e. The number of amides is 1. The van der Waals surface area contributed by atoms with E-state index < -0.39 is 49.7 Å². The van der Waals surface area contributed by atoms with Gasteiger partial charge in [0.15, 0.2) is 14.1 Å². The standard InChI is InChI=1S/C26H32F4N4O4Si/c1-15(33-24(36)37)21(38-39(5,6)25(2,3)4)8-10-34-9-7-16-11-19(20(27)12-18(16)23(34)35)22-31-13-17(14-32-22)26(28,29)30/h7,9,11-15,21,33H,8,10H2,1-6H3,(H,36,37)/t15-,21-/m0/s1. The summed E-state index contributed by atoms with van der Waals surface area (Å²) < 4.78 is 61.3. The summed E-state index contributed by atoms with van der Waals surface area (Å²) in [5.41, 5.74) is -1.67. The maximum absolute atomic E-state index is 15.0. The van der Waals surface area contributed by atoms with Crippen LogP contribution >= 0.6 is 0 Å². The van der Waals surface area contributed by atoms with Crippen molar-refractivity contribution in [2.75, 3.05) is 0 Å². The SMILES string of the molecule is C[C@H](NC(=O)O)[C@H](CCn1ccc2cc(-c3ncc(C(F)(F)F)cn3)c(F)cc2c1=O)O[Si](C)(C)C(C)(C)C. The fourth-order valence-electron chi connectivity index (χ4n) is 3.79. The highest BCUT2D eigenvalue weighted by atomic mass is 28.4. The Balaban J connectivity index is 1.90. The van der Waals surface area contributed by atoms with Gasteiger partial charge in [0.1, 0.15) is 5.82 Å². The molecule has 0 radical (unpaired) electrons. The van der Waals surface area contributed by atoms with E-state index in [1.54, 1.807) is 13.0 Å². The van der Waals surface area contributed by atoms with Gasteiger partial charge in [-0.15, -0.1) is 0 Å². The number of aryl methyl sites for hydroxylation is 1. The molecule has 2 heterocycles. The maximum Gasteiger partial charge on any atom is 0.419 e. The Labute approximate surface area is 224 Å². The number of carboxylic acid groups (broad SMARTS) is 1. The lowest BCUT2D eigenvalue weighted by Gasteiger charge is -2.41. The van der Waals surface area contributed by atoms with Crippen molar-refractivity contribution in [3.8, 4) is 11.4 Å². The first-order valence-corrected chi connectivity index (χ1v) is 15.2. The van der Waals surface area contributed by atoms with Gasteiger partial charge in [0, 0.05) is 25.1 Å². The Bertz CT molecular complexity index is 1400. The van der Waals surface area contributed by atoms with Crippen molar-refractivity contribution >= 4 is 25.2 Å². The van der Waals surface area contributed by atoms with Crippen LogP contribution in [0, 0.1) is 5.82 Å². The first kappa shape index (κ1) is 30.2. The van der Waals surface area contributed by atoms with Gasteiger partial charge in [0.05, 0.1) is 28.7 Å². The predicted molar refractivity (Wildman–Crippen MR) is 142 cm³/mol. The Morgan fingerprint density at radius 1 is 1.18 bits per heavy atom. The quantitative estimate of drug-likeness (QED) is 0.253. The topological polar surface area (TPSA) is 106 Å². The monoisotopic (exact) mass is 568 g/mol. The molecule has 0 bridgehead atoms. The number of nitrogens with zero attached hydrogens (tertiary/aromatic N) is 3. The number of pyridine rings is 1. The molecule has 0 unspecified atom stereocenters. The van der Waals surface area contributed by atoms with Gasteiger partial charge in [0.25, 0.3) is 5.56 Å². The van der Waals surface area contributed by atoms with Crippen molar-refractivity contribution in [2.45, 2.75) is 77.1 Å². The van der Waals surface area contributed by atoms with Crippen molar-refractivity contribution < 1.29 is 31.9 Å². The van der Waals surface area contributed by atoms with Crippen LogP contribution in [0.15, 0.2) is 41.6 Å². The maximum atomic E-state index is 15.0. The highest BCUT2D eigenvalue weighted by Crippen LogP contribution is 2.38. The number of rotatable bonds is 8. The number of benzene rings is 1. The average Bonchev–Trinajstić information content (AvgIpc) is 2.81. The van der Waals surface area contributed by atoms with Crippen LogP contribution in [0.2, 0.25) is 18.1 Å². The summed E-state index contributed by atoms with van der Waals surface area (Å²) >= 11 is 0. The van der Waals surface area contributed by atoms with Gasteiger partial charge in [-0.3, -0.25) is 4.79 Å². The normalized spacial score (nSPS) is 14.3. The van der Waals surface area contributed by atoms with Gasteiger partial charge in [0.2, 0.25) is 0 Å². The van der Waals surface area contributed by atoms with Crippen molar-refractivity contribution in [3.63, 3.8) is 0 Å². The molecular weight excluding hydrogens is 536 g/mol. The van der Waals surface area contributed by atoms with Crippen LogP contribution in [0.4, 0.5) is 22.4 Å². The molecule has 1 aromatic carbocycles. The molecule has 0 saturated heterocycles. The van der Waals surface area contributed by atoms with Crippen LogP contribution in [0.25, 0.3) is 22.2 Å². The third-order valence-electron chi connectivity index (χ3n) is 7.10. The third kappa shape index (κ3) is 7.01. The summed E-state index contributed by atoms with van der Waals surface area (Å²) in [6.07, 6.45) is -3.32. The molecular formula is C26H32F4N4O4Si. The van der Waals surface area contributed by atoms with Crippen LogP contribution in [-0.4, -0.2) is 46.2 Å². The molecule has 0 fully saturated rings. The minimum absolute atomic E-state index is 0.0734. The first-order valence-electron chi connectivity index (χ1n) is 12.3. The van der Waals surface area contributed by atoms with E-state index in [0.29, 0.717) is 24.2 Å². The Hall–Kier alpha value is -3.32. The number of carbonyl (C=O) groups is 1. The number of hydrogen-bond donors (Lipinski definition) is 2. The van der Waals surface area contributed by atoms with Crippen LogP contribution in [0.1, 0.15) is 39.7 Å². The number of hydrogen-bond acceptors (Lipinski definition) is 5. The summed E-state index contributed by atoms with van der Waals surface area (Å²) in [5.74, 6) is -1.09. The second kappa shape index (κ2) is 11.0. The van der Waals surface area contributed by atoms with Crippen molar-refractivity contribution in [2.24, 2.45) is 0 Å². The third-order valence-corrected chi connectivity index (χ3v) is 11.6. The zero-order valence-corrected chi connectivity index (χ0v) is 23.6. The summed E-state index contributed by atoms with van der Waals surface area (Å²) in [5, 5.41) is 12.0. The lowest BCUT2D eigenvalue weighted by atomic mass is 10.1. The average molecular weight is 569 g/mol. The minimum atomic E-state index is -4.62. The van der Waals surface area contributed by atoms with E-state index in [1.165, 1.54) is 16.8 Å². The molecule has 2 atom stereocenters. The fraction of sp³-hybridized carbons (Fsp3) is 0.462. The van der Waals surface area contributed by atoms with E-state index >= 15 is 0 Å². The molecule has 39 heavy (non-hydrogen) atoms. The Morgan fingerprint density at radius 3 is 2.33 bits per heavy atom. The van der Waals surface area contributed by atoms with Crippen LogP contribution in [-0.2, 0) is 17.1 Å². The molecule has 0 aliphatic carbocycles. The van der Waals surface area contributed by atoms with Gasteiger partial charge < -0.3 is 19.4 Å². The van der Waals surface area contributed by atoms with Gasteiger partial charge in [-0.05, 0) is 55.1 Å². The van der Waals surface area contributed by atoms with E-state index in [4.69, 9.17) is 4.43 Å². The minimum Gasteiger partial charge on any atom is -0.465 e. The smallest absolute Gasteiger partial charge is 0.419 e. The van der Waals surface area contributed by atoms with Gasteiger partial charge >= 0.3 is 12.3 Å². The van der Waals surface area contributed by atoms with E-state index in [1.807, 2.05) is 0 Å². The number of fused-ring (bicyclic) bond motifs is 1. The van der Waals surface area contributed by atoms with Crippen LogP contribution in [0.5, 0.6) is 0 Å². The predicted octanol–water partition coefficient (Wildman–Crippen LogP) is 6.05. The molecule has 2 N–H and O–H groups in total. The van der Waals surface area contributed by atoms with Gasteiger partial charge in [-0.1, -0.05) is 20.8 Å². The summed E-state index contributed by atoms with van der Waals surface area (Å²) in [7, 11) is -2.28. The molecule has 0 aliphatic heterocycles. The highest BCUT2D eigenvalue weighted by Gasteiger charge is 2.40. The Morgan fingerprint density at radius 2 is 1.79 bits per heavy atom. The number of aromatic nitrogens is 3. The van der Waals surface area contributed by atoms with E-state index in [2.05, 4.69) is 49.1 Å². The zero-order chi connectivity index (χ0) is 29.3. The lowest BCUT2D eigenvalue weighted by Crippen LogP contribution is -2.51. The second-order valence-corrected chi connectivity index (χ2v) is 15.7. The van der Waals surface area contributed by atoms with Crippen LogP contribution in [0.3, 0.4) is 0 Å². The summed E-state index contributed by atoms with van der Waals surface area (Å²) in [4.78, 5) is 31.7. The van der Waals surface area contributed by atoms with Crippen molar-refractivity contribution in [1.29, 1.82) is 0 Å². The number of alkyl halides is 3. The first-order chi connectivity index (χ1) is 17.9. The molecule has 212 valence electrons. The second-order valence-electron chi connectivity index (χ2n) is 11.0. The molecule has 0 aliphatic rings. The molecule has 1 amide bonds. The molecule has 3 aromatic rings. The molecule has 0 spiro atoms. The molecule has 3 rings (SSSR count). The van der Waals surface area contributed by atoms with E-state index in [9.17, 15) is 32.3 Å². The molecule has 8 nitrogen and oxygen atoms in total. The molecule has 13 heteroatoms. The van der Waals surface area contributed by atoms with Gasteiger partial charge in [-0.2, -0.15) is 13.2 Å². The lowest BCUT2D eigenvalue weighted by molar-refractivity contribution is -0.138. The van der Waals surface area contributed by atoms with Crippen LogP contribution < -0.4 is 10.9 Å². The van der Waals surface area contributed by atoms with E-state index in [-0.39, 0.29) is 28.4 Å². The van der Waals surface area contributed by atoms with Crippen molar-refractivity contribution in [3.05, 3.63) is 58.5 Å². The number of halogens is 4. The van der Waals surface area contributed by atoms with Crippen molar-refractivity contribution in [1.82, 2.24) is 19.9 Å². The van der Waals surface area contributed by atoms with E-state index in [0.717, 1.165) is 6.07 Å². The molecule has 2 aromatic heterocycles. The number of nitrogens with one attached hydrogen (secondary N) is 1.